The molecule has 2 rings (SSSR count). The minimum absolute atomic E-state index is 0.215. The summed E-state index contributed by atoms with van der Waals surface area (Å²) in [6.45, 7) is 1.89. The SMILES string of the molecule is COC(=O)C=Cc1ccn(S(=O)(=O)c2ccc(C)cc2)c1. The first-order chi connectivity index (χ1) is 9.93. The predicted molar refractivity (Wildman–Crippen MR) is 79.2 cm³/mol. The van der Waals surface area contributed by atoms with E-state index < -0.39 is 16.0 Å². The van der Waals surface area contributed by atoms with Gasteiger partial charge in [-0.2, -0.15) is 0 Å². The van der Waals surface area contributed by atoms with E-state index in [2.05, 4.69) is 4.74 Å². The Morgan fingerprint density at radius 2 is 1.86 bits per heavy atom. The number of carbonyl (C=O) groups is 1. The van der Waals surface area contributed by atoms with E-state index in [0.717, 1.165) is 9.54 Å². The zero-order valence-corrected chi connectivity index (χ0v) is 12.5. The van der Waals surface area contributed by atoms with E-state index in [4.69, 9.17) is 0 Å². The molecule has 21 heavy (non-hydrogen) atoms. The molecule has 0 amide bonds. The van der Waals surface area contributed by atoms with Crippen molar-refractivity contribution in [1.29, 1.82) is 0 Å². The molecule has 0 aliphatic heterocycles. The van der Waals surface area contributed by atoms with Crippen LogP contribution in [0.5, 0.6) is 0 Å². The van der Waals surface area contributed by atoms with Crippen LogP contribution in [0.2, 0.25) is 0 Å². The number of methoxy groups -OCH3 is 1. The second-order valence-electron chi connectivity index (χ2n) is 4.45. The summed E-state index contributed by atoms with van der Waals surface area (Å²) in [5.41, 5.74) is 1.58. The normalized spacial score (nSPS) is 11.7. The number of hydrogen-bond donors (Lipinski definition) is 0. The average Bonchev–Trinajstić information content (AvgIpc) is 2.95. The molecular weight excluding hydrogens is 290 g/mol. The van der Waals surface area contributed by atoms with Crippen molar-refractivity contribution < 1.29 is 17.9 Å². The molecule has 0 atom stereocenters. The molecule has 5 nitrogen and oxygen atoms in total. The maximum Gasteiger partial charge on any atom is 0.330 e. The molecule has 0 saturated heterocycles. The molecule has 0 bridgehead atoms. The summed E-state index contributed by atoms with van der Waals surface area (Å²) < 4.78 is 30.4. The van der Waals surface area contributed by atoms with Crippen LogP contribution in [0.15, 0.2) is 53.7 Å². The van der Waals surface area contributed by atoms with Crippen LogP contribution >= 0.6 is 0 Å². The minimum Gasteiger partial charge on any atom is -0.466 e. The van der Waals surface area contributed by atoms with Gasteiger partial charge >= 0.3 is 5.97 Å². The van der Waals surface area contributed by atoms with Gasteiger partial charge < -0.3 is 4.74 Å². The Balaban J connectivity index is 2.30. The first-order valence-corrected chi connectivity index (χ1v) is 7.64. The van der Waals surface area contributed by atoms with Gasteiger partial charge in [0.15, 0.2) is 0 Å². The van der Waals surface area contributed by atoms with Crippen LogP contribution in [0.4, 0.5) is 0 Å². The van der Waals surface area contributed by atoms with Crippen molar-refractivity contribution in [2.75, 3.05) is 7.11 Å². The topological polar surface area (TPSA) is 65.4 Å². The lowest BCUT2D eigenvalue weighted by Crippen LogP contribution is -2.10. The zero-order chi connectivity index (χ0) is 15.5. The molecular formula is C15H15NO4S. The predicted octanol–water partition coefficient (Wildman–Crippen LogP) is 2.22. The zero-order valence-electron chi connectivity index (χ0n) is 11.7. The van der Waals surface area contributed by atoms with E-state index in [-0.39, 0.29) is 4.90 Å². The van der Waals surface area contributed by atoms with Gasteiger partial charge in [0.2, 0.25) is 0 Å². The molecule has 0 N–H and O–H groups in total. The number of benzene rings is 1. The Labute approximate surface area is 123 Å². The standard InChI is InChI=1S/C15H15NO4S/c1-12-3-6-14(7-4-12)21(18,19)16-10-9-13(11-16)5-8-15(17)20-2/h3-11H,1-2H3. The van der Waals surface area contributed by atoms with Crippen LogP contribution in [0.25, 0.3) is 6.08 Å². The van der Waals surface area contributed by atoms with E-state index >= 15 is 0 Å². The lowest BCUT2D eigenvalue weighted by molar-refractivity contribution is -0.134. The summed E-state index contributed by atoms with van der Waals surface area (Å²) in [5, 5.41) is 0. The van der Waals surface area contributed by atoms with E-state index in [1.165, 1.54) is 31.7 Å². The monoisotopic (exact) mass is 305 g/mol. The van der Waals surface area contributed by atoms with E-state index in [1.54, 1.807) is 30.3 Å². The van der Waals surface area contributed by atoms with Crippen molar-refractivity contribution >= 4 is 22.1 Å². The van der Waals surface area contributed by atoms with Crippen LogP contribution in [-0.2, 0) is 19.6 Å². The van der Waals surface area contributed by atoms with Crippen LogP contribution < -0.4 is 0 Å². The lowest BCUT2D eigenvalue weighted by Gasteiger charge is -2.05. The summed E-state index contributed by atoms with van der Waals surface area (Å²) in [4.78, 5) is 11.2. The molecule has 1 aromatic heterocycles. The van der Waals surface area contributed by atoms with Crippen LogP contribution in [0.1, 0.15) is 11.1 Å². The number of nitrogens with zero attached hydrogens (tertiary/aromatic N) is 1. The van der Waals surface area contributed by atoms with Gasteiger partial charge in [0.05, 0.1) is 12.0 Å². The number of carbonyl (C=O) groups excluding carboxylic acids is 1. The van der Waals surface area contributed by atoms with Gasteiger partial charge in [0.25, 0.3) is 10.0 Å². The number of ether oxygens (including phenoxy) is 1. The van der Waals surface area contributed by atoms with Gasteiger partial charge in [-0.25, -0.2) is 17.2 Å². The highest BCUT2D eigenvalue weighted by Gasteiger charge is 2.15. The Morgan fingerprint density at radius 3 is 2.48 bits per heavy atom. The number of aromatic nitrogens is 1. The molecule has 2 aromatic rings. The van der Waals surface area contributed by atoms with E-state index in [1.807, 2.05) is 6.92 Å². The molecule has 1 aromatic carbocycles. The van der Waals surface area contributed by atoms with Crippen LogP contribution in [0, 0.1) is 6.92 Å². The molecule has 0 saturated carbocycles. The van der Waals surface area contributed by atoms with Crippen molar-refractivity contribution in [3.8, 4) is 0 Å². The second-order valence-corrected chi connectivity index (χ2v) is 6.29. The third-order valence-electron chi connectivity index (χ3n) is 2.90. The molecule has 1 heterocycles. The minimum atomic E-state index is -3.61. The maximum absolute atomic E-state index is 12.4. The Morgan fingerprint density at radius 1 is 1.19 bits per heavy atom. The van der Waals surface area contributed by atoms with Crippen molar-refractivity contribution in [1.82, 2.24) is 3.97 Å². The van der Waals surface area contributed by atoms with E-state index in [9.17, 15) is 13.2 Å². The molecule has 0 unspecified atom stereocenters. The van der Waals surface area contributed by atoms with Crippen LogP contribution in [-0.4, -0.2) is 25.5 Å². The first-order valence-electron chi connectivity index (χ1n) is 6.20. The third kappa shape index (κ3) is 3.41. The van der Waals surface area contributed by atoms with Gasteiger partial charge in [-0.15, -0.1) is 0 Å². The molecule has 110 valence electrons. The highest BCUT2D eigenvalue weighted by Crippen LogP contribution is 2.16. The summed E-state index contributed by atoms with van der Waals surface area (Å²) in [6, 6.07) is 8.22. The van der Waals surface area contributed by atoms with Gasteiger partial charge in [-0.3, -0.25) is 0 Å². The summed E-state index contributed by atoms with van der Waals surface area (Å²) in [6.07, 6.45) is 5.60. The highest BCUT2D eigenvalue weighted by molar-refractivity contribution is 7.90. The number of esters is 1. The summed E-state index contributed by atoms with van der Waals surface area (Å²) in [5.74, 6) is -0.496. The Hall–Kier alpha value is -2.34. The number of rotatable bonds is 4. The highest BCUT2D eigenvalue weighted by atomic mass is 32.2. The molecule has 0 radical (unpaired) electrons. The van der Waals surface area contributed by atoms with E-state index in [0.29, 0.717) is 5.56 Å². The smallest absolute Gasteiger partial charge is 0.330 e. The van der Waals surface area contributed by atoms with Crippen molar-refractivity contribution in [3.05, 3.63) is 59.9 Å². The third-order valence-corrected chi connectivity index (χ3v) is 4.55. The van der Waals surface area contributed by atoms with Crippen molar-refractivity contribution in [2.45, 2.75) is 11.8 Å². The fourth-order valence-corrected chi connectivity index (χ4v) is 2.91. The number of aryl methyl sites for hydroxylation is 1. The fourth-order valence-electron chi connectivity index (χ4n) is 1.70. The van der Waals surface area contributed by atoms with Gasteiger partial charge in [-0.1, -0.05) is 17.7 Å². The maximum atomic E-state index is 12.4. The van der Waals surface area contributed by atoms with Gasteiger partial charge in [-0.05, 0) is 36.8 Å². The molecule has 0 aliphatic carbocycles. The molecule has 0 aliphatic rings. The number of hydrogen-bond acceptors (Lipinski definition) is 4. The van der Waals surface area contributed by atoms with Crippen molar-refractivity contribution in [2.24, 2.45) is 0 Å². The van der Waals surface area contributed by atoms with Gasteiger partial charge in [0.1, 0.15) is 0 Å². The lowest BCUT2D eigenvalue weighted by atomic mass is 10.2. The van der Waals surface area contributed by atoms with Crippen LogP contribution in [0.3, 0.4) is 0 Å². The fraction of sp³-hybridized carbons (Fsp3) is 0.133. The summed E-state index contributed by atoms with van der Waals surface area (Å²) in [7, 11) is -2.33. The largest absolute Gasteiger partial charge is 0.466 e. The molecule has 0 fully saturated rings. The Bertz CT molecular complexity index is 770. The average molecular weight is 305 g/mol. The van der Waals surface area contributed by atoms with Crippen molar-refractivity contribution in [3.63, 3.8) is 0 Å². The summed E-state index contributed by atoms with van der Waals surface area (Å²) >= 11 is 0. The second kappa shape index (κ2) is 5.97. The molecule has 0 spiro atoms. The first kappa shape index (κ1) is 15.1. The van der Waals surface area contributed by atoms with Gasteiger partial charge in [0, 0.05) is 18.5 Å². The quantitative estimate of drug-likeness (QED) is 0.642. The molecule has 6 heteroatoms. The Kier molecular flexibility index (Phi) is 4.28.